The SMILES string of the molecule is CC/C=C\C/C=C\C/C=C\C/C=C\C/C=C\CCCC(=O)OCC(COC(=O)CCCCCCCCCCCC)OC(=O)CCCCCCCCCCCCCC. The molecule has 0 aromatic heterocycles. The van der Waals surface area contributed by atoms with Gasteiger partial charge in [0.25, 0.3) is 0 Å². The van der Waals surface area contributed by atoms with Gasteiger partial charge in [0.15, 0.2) is 6.10 Å². The summed E-state index contributed by atoms with van der Waals surface area (Å²) >= 11 is 0. The van der Waals surface area contributed by atoms with Crippen LogP contribution in [0, 0.1) is 0 Å². The molecule has 1 atom stereocenters. The molecule has 0 rings (SSSR count). The summed E-state index contributed by atoms with van der Waals surface area (Å²) < 4.78 is 16.7. The standard InChI is InChI=1S/C51H88O6/c1-4-7-10-13-16-19-22-24-25-26-27-28-30-32-35-38-41-44-50(53)56-47-48(46-55-49(52)43-40-37-34-31-21-18-15-12-9-6-3)57-51(54)45-42-39-36-33-29-23-20-17-14-11-8-5-2/h7,10,16,19,24-25,27-28,32,35,48H,4-6,8-9,11-15,17-18,20-23,26,29-31,33-34,36-47H2,1-3H3/b10-7-,19-16-,25-24-,28-27-,35-32-. The predicted octanol–water partition coefficient (Wildman–Crippen LogP) is 15.3. The van der Waals surface area contributed by atoms with Crippen LogP contribution in [0.2, 0.25) is 0 Å². The van der Waals surface area contributed by atoms with E-state index in [0.29, 0.717) is 19.3 Å². The van der Waals surface area contributed by atoms with Crippen LogP contribution in [0.4, 0.5) is 0 Å². The first-order chi connectivity index (χ1) is 28.0. The maximum absolute atomic E-state index is 12.7. The van der Waals surface area contributed by atoms with Crippen LogP contribution in [0.1, 0.15) is 226 Å². The molecule has 0 saturated heterocycles. The Morgan fingerprint density at radius 1 is 0.368 bits per heavy atom. The molecule has 0 radical (unpaired) electrons. The van der Waals surface area contributed by atoms with Crippen LogP contribution in [0.3, 0.4) is 0 Å². The summed E-state index contributed by atoms with van der Waals surface area (Å²) in [4.78, 5) is 37.7. The van der Waals surface area contributed by atoms with Crippen LogP contribution in [-0.4, -0.2) is 37.2 Å². The Balaban J connectivity index is 4.44. The normalized spacial score (nSPS) is 12.5. The second-order valence-corrected chi connectivity index (χ2v) is 15.6. The lowest BCUT2D eigenvalue weighted by atomic mass is 10.0. The van der Waals surface area contributed by atoms with E-state index in [1.54, 1.807) is 0 Å². The molecule has 0 fully saturated rings. The zero-order chi connectivity index (χ0) is 41.5. The fraction of sp³-hybridized carbons (Fsp3) is 0.745. The van der Waals surface area contributed by atoms with Crippen LogP contribution < -0.4 is 0 Å². The summed E-state index contributed by atoms with van der Waals surface area (Å²) in [6.45, 7) is 6.45. The molecule has 0 spiro atoms. The van der Waals surface area contributed by atoms with Gasteiger partial charge in [-0.15, -0.1) is 0 Å². The second-order valence-electron chi connectivity index (χ2n) is 15.6. The number of unbranched alkanes of at least 4 members (excludes halogenated alkanes) is 21. The molecule has 0 aliphatic heterocycles. The van der Waals surface area contributed by atoms with Crippen molar-refractivity contribution >= 4 is 17.9 Å². The minimum Gasteiger partial charge on any atom is -0.462 e. The minimum atomic E-state index is -0.790. The molecular formula is C51H88O6. The van der Waals surface area contributed by atoms with Crippen LogP contribution in [-0.2, 0) is 28.6 Å². The lowest BCUT2D eigenvalue weighted by molar-refractivity contribution is -0.167. The Hall–Kier alpha value is -2.89. The first-order valence-electron chi connectivity index (χ1n) is 23.8. The van der Waals surface area contributed by atoms with Gasteiger partial charge in [-0.1, -0.05) is 210 Å². The van der Waals surface area contributed by atoms with Crippen LogP contribution >= 0.6 is 0 Å². The number of hydrogen-bond donors (Lipinski definition) is 0. The molecule has 0 aliphatic carbocycles. The molecule has 1 unspecified atom stereocenters. The van der Waals surface area contributed by atoms with Gasteiger partial charge in [-0.3, -0.25) is 14.4 Å². The third-order valence-electron chi connectivity index (χ3n) is 10.0. The van der Waals surface area contributed by atoms with E-state index in [-0.39, 0.29) is 37.5 Å². The summed E-state index contributed by atoms with van der Waals surface area (Å²) in [6.07, 6.45) is 54.9. The van der Waals surface area contributed by atoms with Gasteiger partial charge in [0, 0.05) is 19.3 Å². The van der Waals surface area contributed by atoms with Crippen molar-refractivity contribution in [1.29, 1.82) is 0 Å². The van der Waals surface area contributed by atoms with E-state index in [1.165, 1.54) is 103 Å². The van der Waals surface area contributed by atoms with Crippen molar-refractivity contribution in [3.63, 3.8) is 0 Å². The maximum Gasteiger partial charge on any atom is 0.306 e. The lowest BCUT2D eigenvalue weighted by Gasteiger charge is -2.18. The molecule has 0 aromatic rings. The van der Waals surface area contributed by atoms with Crippen molar-refractivity contribution in [3.8, 4) is 0 Å². The molecule has 0 amide bonds. The average molecular weight is 797 g/mol. The first kappa shape index (κ1) is 54.1. The monoisotopic (exact) mass is 797 g/mol. The summed E-state index contributed by atoms with van der Waals surface area (Å²) in [5.74, 6) is -0.951. The molecule has 0 N–H and O–H groups in total. The Labute approximate surface area is 351 Å². The zero-order valence-electron chi connectivity index (χ0n) is 37.3. The number of ether oxygens (including phenoxy) is 3. The fourth-order valence-corrected chi connectivity index (χ4v) is 6.48. The van der Waals surface area contributed by atoms with E-state index in [1.807, 2.05) is 0 Å². The largest absolute Gasteiger partial charge is 0.462 e. The van der Waals surface area contributed by atoms with Crippen molar-refractivity contribution in [3.05, 3.63) is 60.8 Å². The van der Waals surface area contributed by atoms with Gasteiger partial charge in [-0.05, 0) is 57.8 Å². The van der Waals surface area contributed by atoms with Gasteiger partial charge >= 0.3 is 17.9 Å². The van der Waals surface area contributed by atoms with Crippen LogP contribution in [0.15, 0.2) is 60.8 Å². The topological polar surface area (TPSA) is 78.9 Å². The summed E-state index contributed by atoms with van der Waals surface area (Å²) in [5, 5.41) is 0. The van der Waals surface area contributed by atoms with Crippen LogP contribution in [0.5, 0.6) is 0 Å². The average Bonchev–Trinajstić information content (AvgIpc) is 3.21. The van der Waals surface area contributed by atoms with Gasteiger partial charge < -0.3 is 14.2 Å². The molecule has 0 heterocycles. The highest BCUT2D eigenvalue weighted by Gasteiger charge is 2.19. The highest BCUT2D eigenvalue weighted by molar-refractivity contribution is 5.71. The Kier molecular flexibility index (Phi) is 43.5. The number of hydrogen-bond acceptors (Lipinski definition) is 6. The van der Waals surface area contributed by atoms with E-state index in [4.69, 9.17) is 14.2 Å². The quantitative estimate of drug-likeness (QED) is 0.0265. The Morgan fingerprint density at radius 3 is 1.07 bits per heavy atom. The number of esters is 3. The molecule has 0 aromatic carbocycles. The van der Waals surface area contributed by atoms with E-state index in [2.05, 4.69) is 81.5 Å². The van der Waals surface area contributed by atoms with E-state index >= 15 is 0 Å². The van der Waals surface area contributed by atoms with Crippen molar-refractivity contribution in [2.24, 2.45) is 0 Å². The predicted molar refractivity (Wildman–Crippen MR) is 242 cm³/mol. The van der Waals surface area contributed by atoms with E-state index < -0.39 is 6.10 Å². The second kappa shape index (κ2) is 45.8. The minimum absolute atomic E-state index is 0.0892. The van der Waals surface area contributed by atoms with Crippen molar-refractivity contribution in [1.82, 2.24) is 0 Å². The summed E-state index contributed by atoms with van der Waals surface area (Å²) in [7, 11) is 0. The molecule has 0 saturated carbocycles. The van der Waals surface area contributed by atoms with Crippen LogP contribution in [0.25, 0.3) is 0 Å². The molecule has 6 nitrogen and oxygen atoms in total. The maximum atomic E-state index is 12.7. The fourth-order valence-electron chi connectivity index (χ4n) is 6.48. The first-order valence-corrected chi connectivity index (χ1v) is 23.8. The molecule has 6 heteroatoms. The number of allylic oxidation sites excluding steroid dienone is 10. The highest BCUT2D eigenvalue weighted by Crippen LogP contribution is 2.14. The van der Waals surface area contributed by atoms with E-state index in [9.17, 15) is 14.4 Å². The zero-order valence-corrected chi connectivity index (χ0v) is 37.3. The van der Waals surface area contributed by atoms with Crippen molar-refractivity contribution < 1.29 is 28.6 Å². The van der Waals surface area contributed by atoms with Crippen molar-refractivity contribution in [2.75, 3.05) is 13.2 Å². The molecule has 57 heavy (non-hydrogen) atoms. The molecule has 0 aliphatic rings. The van der Waals surface area contributed by atoms with Gasteiger partial charge in [-0.2, -0.15) is 0 Å². The van der Waals surface area contributed by atoms with Gasteiger partial charge in [0.1, 0.15) is 13.2 Å². The van der Waals surface area contributed by atoms with Gasteiger partial charge in [0.05, 0.1) is 0 Å². The highest BCUT2D eigenvalue weighted by atomic mass is 16.6. The van der Waals surface area contributed by atoms with Crippen molar-refractivity contribution in [2.45, 2.75) is 232 Å². The number of carbonyl (C=O) groups is 3. The summed E-state index contributed by atoms with van der Waals surface area (Å²) in [6, 6.07) is 0. The lowest BCUT2D eigenvalue weighted by Crippen LogP contribution is -2.30. The molecular weight excluding hydrogens is 709 g/mol. The molecule has 0 bridgehead atoms. The number of rotatable bonds is 42. The Bertz CT molecular complexity index is 1050. The third-order valence-corrected chi connectivity index (χ3v) is 10.0. The van der Waals surface area contributed by atoms with E-state index in [0.717, 1.165) is 77.0 Å². The molecule has 328 valence electrons. The van der Waals surface area contributed by atoms with Gasteiger partial charge in [-0.25, -0.2) is 0 Å². The third kappa shape index (κ3) is 44.1. The van der Waals surface area contributed by atoms with Gasteiger partial charge in [0.2, 0.25) is 0 Å². The summed E-state index contributed by atoms with van der Waals surface area (Å²) in [5.41, 5.74) is 0. The Morgan fingerprint density at radius 2 is 0.684 bits per heavy atom. The number of carbonyl (C=O) groups excluding carboxylic acids is 3. The smallest absolute Gasteiger partial charge is 0.306 e.